The van der Waals surface area contributed by atoms with Crippen LogP contribution in [0.25, 0.3) is 16.8 Å². The lowest BCUT2D eigenvalue weighted by molar-refractivity contribution is -0.113. The molecule has 4 aromatic rings. The average molecular weight is 492 g/mol. The molecule has 0 atom stereocenters. The maximum Gasteiger partial charge on any atom is 0.234 e. The quantitative estimate of drug-likeness (QED) is 0.324. The predicted molar refractivity (Wildman–Crippen MR) is 135 cm³/mol. The van der Waals surface area contributed by atoms with E-state index in [0.29, 0.717) is 34.6 Å². The van der Waals surface area contributed by atoms with Crippen LogP contribution >= 0.6 is 11.8 Å². The molecule has 4 rings (SSSR count). The van der Waals surface area contributed by atoms with Crippen molar-refractivity contribution in [1.29, 1.82) is 0 Å². The zero-order valence-corrected chi connectivity index (χ0v) is 20.4. The molecule has 0 aliphatic heterocycles. The normalized spacial score (nSPS) is 10.6. The molecule has 0 radical (unpaired) electrons. The molecule has 1 N–H and O–H groups in total. The Morgan fingerprint density at radius 3 is 2.54 bits per heavy atom. The second-order valence-electron chi connectivity index (χ2n) is 7.25. The van der Waals surface area contributed by atoms with Gasteiger partial charge in [-0.1, -0.05) is 36.0 Å². The summed E-state index contributed by atoms with van der Waals surface area (Å²) in [7, 11) is 3.24. The lowest BCUT2D eigenvalue weighted by Gasteiger charge is -2.13. The highest BCUT2D eigenvalue weighted by atomic mass is 32.2. The fourth-order valence-corrected chi connectivity index (χ4v) is 4.12. The van der Waals surface area contributed by atoms with Gasteiger partial charge in [0.05, 0.1) is 26.6 Å². The van der Waals surface area contributed by atoms with Crippen molar-refractivity contribution in [2.45, 2.75) is 12.1 Å². The van der Waals surface area contributed by atoms with E-state index in [-0.39, 0.29) is 11.7 Å². The number of ether oxygens (including phenoxy) is 3. The first-order valence-electron chi connectivity index (χ1n) is 10.9. The summed E-state index contributed by atoms with van der Waals surface area (Å²) in [6.07, 6.45) is 0. The summed E-state index contributed by atoms with van der Waals surface area (Å²) >= 11 is 1.24. The van der Waals surface area contributed by atoms with E-state index in [2.05, 4.69) is 20.8 Å². The molecule has 0 spiro atoms. The van der Waals surface area contributed by atoms with Crippen LogP contribution in [0.4, 0.5) is 5.69 Å². The van der Waals surface area contributed by atoms with Crippen molar-refractivity contribution < 1.29 is 19.0 Å². The number of hydrogen-bond donors (Lipinski definition) is 1. The van der Waals surface area contributed by atoms with E-state index in [4.69, 9.17) is 14.2 Å². The molecular formula is C25H25N5O4S. The van der Waals surface area contributed by atoms with Crippen LogP contribution in [-0.4, -0.2) is 52.7 Å². The van der Waals surface area contributed by atoms with Gasteiger partial charge < -0.3 is 19.5 Å². The topological polar surface area (TPSA) is 100 Å². The summed E-state index contributed by atoms with van der Waals surface area (Å²) in [6.45, 7) is 2.43. The van der Waals surface area contributed by atoms with E-state index in [1.165, 1.54) is 11.8 Å². The lowest BCUT2D eigenvalue weighted by Crippen LogP contribution is -2.15. The van der Waals surface area contributed by atoms with Crippen molar-refractivity contribution >= 4 is 23.4 Å². The molecular weight excluding hydrogens is 466 g/mol. The number of nitrogens with one attached hydrogen (secondary N) is 1. The Balaban J connectivity index is 1.46. The summed E-state index contributed by atoms with van der Waals surface area (Å²) in [5, 5.41) is 15.3. The SMILES string of the molecule is CCOc1ccccc1-n1nnnc1SCC(=O)Nc1ccc(OC)c(-c2ccc(OC)cc2)c1. The Kier molecular flexibility index (Phi) is 7.84. The summed E-state index contributed by atoms with van der Waals surface area (Å²) in [5.74, 6) is 2.07. The third-order valence-corrected chi connectivity index (χ3v) is 5.97. The van der Waals surface area contributed by atoms with Gasteiger partial charge in [0.25, 0.3) is 0 Å². The molecule has 0 saturated heterocycles. The van der Waals surface area contributed by atoms with E-state index in [1.54, 1.807) is 25.0 Å². The number of anilines is 1. The highest BCUT2D eigenvalue weighted by Crippen LogP contribution is 2.33. The van der Waals surface area contributed by atoms with Gasteiger partial charge in [-0.2, -0.15) is 4.68 Å². The number of para-hydroxylation sites is 2. The summed E-state index contributed by atoms with van der Waals surface area (Å²) in [6, 6.07) is 20.6. The predicted octanol–water partition coefficient (Wildman–Crippen LogP) is 4.48. The van der Waals surface area contributed by atoms with Gasteiger partial charge in [0.15, 0.2) is 0 Å². The van der Waals surface area contributed by atoms with E-state index in [0.717, 1.165) is 16.9 Å². The molecule has 0 fully saturated rings. The van der Waals surface area contributed by atoms with Gasteiger partial charge in [0, 0.05) is 11.3 Å². The van der Waals surface area contributed by atoms with Crippen LogP contribution in [0.15, 0.2) is 71.9 Å². The standard InChI is InChI=1S/C25H25N5O4S/c1-4-34-23-8-6-5-7-21(23)30-25(27-28-29-30)35-16-24(31)26-18-11-14-22(33-3)20(15-18)17-9-12-19(32-2)13-10-17/h5-15H,4,16H2,1-3H3,(H,26,31). The van der Waals surface area contributed by atoms with Gasteiger partial charge in [-0.3, -0.25) is 4.79 Å². The number of methoxy groups -OCH3 is 2. The number of carbonyl (C=O) groups is 1. The fraction of sp³-hybridized carbons (Fsp3) is 0.200. The highest BCUT2D eigenvalue weighted by Gasteiger charge is 2.15. The number of rotatable bonds is 10. The molecule has 0 bridgehead atoms. The zero-order chi connectivity index (χ0) is 24.6. The Bertz CT molecular complexity index is 1290. The van der Waals surface area contributed by atoms with Crippen LogP contribution in [0.3, 0.4) is 0 Å². The van der Waals surface area contributed by atoms with E-state index in [9.17, 15) is 4.79 Å². The number of nitrogens with zero attached hydrogens (tertiary/aromatic N) is 4. The van der Waals surface area contributed by atoms with Crippen molar-refractivity contribution in [3.05, 3.63) is 66.7 Å². The number of carbonyl (C=O) groups excluding carboxylic acids is 1. The molecule has 10 heteroatoms. The number of thioether (sulfide) groups is 1. The lowest BCUT2D eigenvalue weighted by atomic mass is 10.0. The number of tetrazole rings is 1. The van der Waals surface area contributed by atoms with Crippen molar-refractivity contribution in [3.8, 4) is 34.1 Å². The monoisotopic (exact) mass is 491 g/mol. The van der Waals surface area contributed by atoms with Gasteiger partial charge >= 0.3 is 0 Å². The first kappa shape index (κ1) is 24.1. The molecule has 9 nitrogen and oxygen atoms in total. The Morgan fingerprint density at radius 1 is 1.00 bits per heavy atom. The zero-order valence-electron chi connectivity index (χ0n) is 19.6. The summed E-state index contributed by atoms with van der Waals surface area (Å²) in [5.41, 5.74) is 3.17. The number of benzene rings is 3. The first-order valence-corrected chi connectivity index (χ1v) is 11.9. The van der Waals surface area contributed by atoms with Gasteiger partial charge in [0.2, 0.25) is 11.1 Å². The van der Waals surface area contributed by atoms with Gasteiger partial charge in [-0.15, -0.1) is 5.10 Å². The molecule has 3 aromatic carbocycles. The first-order chi connectivity index (χ1) is 17.1. The van der Waals surface area contributed by atoms with Crippen LogP contribution < -0.4 is 19.5 Å². The van der Waals surface area contributed by atoms with Gasteiger partial charge in [0.1, 0.15) is 22.9 Å². The van der Waals surface area contributed by atoms with E-state index < -0.39 is 0 Å². The molecule has 180 valence electrons. The molecule has 0 unspecified atom stereocenters. The third kappa shape index (κ3) is 5.72. The Labute approximate surface area is 207 Å². The van der Waals surface area contributed by atoms with E-state index in [1.807, 2.05) is 67.6 Å². The van der Waals surface area contributed by atoms with E-state index >= 15 is 0 Å². The van der Waals surface area contributed by atoms with Crippen LogP contribution in [-0.2, 0) is 4.79 Å². The van der Waals surface area contributed by atoms with Crippen LogP contribution in [0, 0.1) is 0 Å². The molecule has 35 heavy (non-hydrogen) atoms. The van der Waals surface area contributed by atoms with Crippen molar-refractivity contribution in [2.24, 2.45) is 0 Å². The maximum atomic E-state index is 12.7. The van der Waals surface area contributed by atoms with Crippen molar-refractivity contribution in [1.82, 2.24) is 20.2 Å². The summed E-state index contributed by atoms with van der Waals surface area (Å²) in [4.78, 5) is 12.7. The molecule has 0 saturated carbocycles. The van der Waals surface area contributed by atoms with Crippen LogP contribution in [0.1, 0.15) is 6.92 Å². The number of hydrogen-bond acceptors (Lipinski definition) is 8. The molecule has 1 amide bonds. The third-order valence-electron chi connectivity index (χ3n) is 5.05. The maximum absolute atomic E-state index is 12.7. The van der Waals surface area contributed by atoms with Crippen LogP contribution in [0.5, 0.6) is 17.2 Å². The fourth-order valence-electron chi connectivity index (χ4n) is 3.44. The van der Waals surface area contributed by atoms with Gasteiger partial charge in [-0.05, 0) is 65.4 Å². The Hall–Kier alpha value is -4.05. The van der Waals surface area contributed by atoms with Crippen LogP contribution in [0.2, 0.25) is 0 Å². The second kappa shape index (κ2) is 11.4. The second-order valence-corrected chi connectivity index (χ2v) is 8.20. The minimum atomic E-state index is -0.187. The minimum absolute atomic E-state index is 0.126. The van der Waals surface area contributed by atoms with Gasteiger partial charge in [-0.25, -0.2) is 0 Å². The highest BCUT2D eigenvalue weighted by molar-refractivity contribution is 7.99. The van der Waals surface area contributed by atoms with Crippen molar-refractivity contribution in [2.75, 3.05) is 31.9 Å². The molecule has 1 heterocycles. The minimum Gasteiger partial charge on any atom is -0.497 e. The number of aromatic nitrogens is 4. The smallest absolute Gasteiger partial charge is 0.234 e. The largest absolute Gasteiger partial charge is 0.497 e. The molecule has 0 aliphatic rings. The van der Waals surface area contributed by atoms with Crippen molar-refractivity contribution in [3.63, 3.8) is 0 Å². The number of amides is 1. The molecule has 0 aliphatic carbocycles. The Morgan fingerprint density at radius 2 is 1.80 bits per heavy atom. The average Bonchev–Trinajstić information content (AvgIpc) is 3.36. The molecule has 1 aromatic heterocycles. The summed E-state index contributed by atoms with van der Waals surface area (Å²) < 4.78 is 18.0.